The zero-order valence-corrected chi connectivity index (χ0v) is 8.38. The molecule has 0 aromatic carbocycles. The van der Waals surface area contributed by atoms with E-state index in [-0.39, 0.29) is 0 Å². The van der Waals surface area contributed by atoms with Gasteiger partial charge in [0.15, 0.2) is 0 Å². The van der Waals surface area contributed by atoms with E-state index < -0.39 is 0 Å². The maximum absolute atomic E-state index is 3.98. The fraction of sp³-hybridized carbons (Fsp3) is 0.231. The van der Waals surface area contributed by atoms with Crippen LogP contribution in [0.15, 0.2) is 59.8 Å². The second-order valence-corrected chi connectivity index (χ2v) is 3.21. The summed E-state index contributed by atoms with van der Waals surface area (Å²) < 4.78 is 0. The zero-order valence-electron chi connectivity index (χ0n) is 8.38. The molecule has 0 heteroatoms. The molecule has 0 bridgehead atoms. The quantitative estimate of drug-likeness (QED) is 0.565. The van der Waals surface area contributed by atoms with E-state index in [1.165, 1.54) is 11.1 Å². The second kappa shape index (κ2) is 4.66. The highest BCUT2D eigenvalue weighted by Crippen LogP contribution is 2.24. The van der Waals surface area contributed by atoms with Crippen LogP contribution in [0.2, 0.25) is 0 Å². The molecule has 1 rings (SSSR count). The Balaban J connectivity index is 2.86. The summed E-state index contributed by atoms with van der Waals surface area (Å²) in [5, 5.41) is 0. The molecular formula is C13H16. The summed E-state index contributed by atoms with van der Waals surface area (Å²) in [7, 11) is 0. The molecule has 0 radical (unpaired) electrons. The molecule has 0 saturated heterocycles. The first-order chi connectivity index (χ1) is 6.25. The van der Waals surface area contributed by atoms with Crippen LogP contribution in [0.5, 0.6) is 0 Å². The Labute approximate surface area is 80.7 Å². The van der Waals surface area contributed by atoms with Crippen LogP contribution in [-0.2, 0) is 0 Å². The standard InChI is InChI=1S/C13H16/c1-4-5-10-13(11(2)3)12-8-6-7-9-12/h4-8,10H,2,9H2,1,3H3/b5-4-,13-10+. The van der Waals surface area contributed by atoms with E-state index in [4.69, 9.17) is 0 Å². The Kier molecular flexibility index (Phi) is 3.51. The average molecular weight is 172 g/mol. The van der Waals surface area contributed by atoms with Crippen molar-refractivity contribution in [3.8, 4) is 0 Å². The number of rotatable bonds is 3. The second-order valence-electron chi connectivity index (χ2n) is 3.21. The van der Waals surface area contributed by atoms with Gasteiger partial charge in [0.1, 0.15) is 0 Å². The lowest BCUT2D eigenvalue weighted by molar-refractivity contribution is 1.24. The Bertz CT molecular complexity index is 309. The lowest BCUT2D eigenvalue weighted by Crippen LogP contribution is -1.87. The number of allylic oxidation sites excluding steroid dienone is 9. The van der Waals surface area contributed by atoms with Crippen molar-refractivity contribution in [2.75, 3.05) is 0 Å². The first kappa shape index (κ1) is 9.79. The van der Waals surface area contributed by atoms with Gasteiger partial charge in [0.05, 0.1) is 0 Å². The summed E-state index contributed by atoms with van der Waals surface area (Å²) >= 11 is 0. The normalized spacial score (nSPS) is 16.8. The topological polar surface area (TPSA) is 0 Å². The predicted octanol–water partition coefficient (Wildman–Crippen LogP) is 3.95. The molecule has 0 aromatic heterocycles. The monoisotopic (exact) mass is 172 g/mol. The zero-order chi connectivity index (χ0) is 9.68. The first-order valence-corrected chi connectivity index (χ1v) is 4.60. The Morgan fingerprint density at radius 3 is 2.77 bits per heavy atom. The molecular weight excluding hydrogens is 156 g/mol. The van der Waals surface area contributed by atoms with Crippen LogP contribution >= 0.6 is 0 Å². The third-order valence-corrected chi connectivity index (χ3v) is 2.03. The molecule has 0 fully saturated rings. The van der Waals surface area contributed by atoms with E-state index in [2.05, 4.69) is 43.9 Å². The Morgan fingerprint density at radius 2 is 2.31 bits per heavy atom. The largest absolute Gasteiger partial charge is 0.0955 e. The van der Waals surface area contributed by atoms with Crippen molar-refractivity contribution in [1.29, 1.82) is 0 Å². The highest BCUT2D eigenvalue weighted by Gasteiger charge is 2.05. The van der Waals surface area contributed by atoms with Gasteiger partial charge in [0.25, 0.3) is 0 Å². The van der Waals surface area contributed by atoms with E-state index in [0.29, 0.717) is 0 Å². The van der Waals surface area contributed by atoms with E-state index in [9.17, 15) is 0 Å². The van der Waals surface area contributed by atoms with Gasteiger partial charge in [-0.15, -0.1) is 0 Å². The van der Waals surface area contributed by atoms with Crippen molar-refractivity contribution in [3.63, 3.8) is 0 Å². The molecule has 0 saturated carbocycles. The van der Waals surface area contributed by atoms with E-state index in [1.54, 1.807) is 0 Å². The third-order valence-electron chi connectivity index (χ3n) is 2.03. The van der Waals surface area contributed by atoms with Crippen LogP contribution in [0.3, 0.4) is 0 Å². The summed E-state index contributed by atoms with van der Waals surface area (Å²) in [6.07, 6.45) is 13.7. The van der Waals surface area contributed by atoms with Crippen molar-refractivity contribution in [1.82, 2.24) is 0 Å². The predicted molar refractivity (Wildman–Crippen MR) is 59.6 cm³/mol. The van der Waals surface area contributed by atoms with E-state index in [0.717, 1.165) is 12.0 Å². The fourth-order valence-corrected chi connectivity index (χ4v) is 1.36. The van der Waals surface area contributed by atoms with Crippen molar-refractivity contribution >= 4 is 0 Å². The highest BCUT2D eigenvalue weighted by atomic mass is 14.1. The summed E-state index contributed by atoms with van der Waals surface area (Å²) in [6.45, 7) is 8.05. The Morgan fingerprint density at radius 1 is 1.54 bits per heavy atom. The maximum Gasteiger partial charge on any atom is -0.00883 e. The van der Waals surface area contributed by atoms with Crippen LogP contribution in [-0.4, -0.2) is 0 Å². The molecule has 13 heavy (non-hydrogen) atoms. The molecule has 0 heterocycles. The first-order valence-electron chi connectivity index (χ1n) is 4.60. The van der Waals surface area contributed by atoms with Gasteiger partial charge in [-0.05, 0) is 31.4 Å². The lowest BCUT2D eigenvalue weighted by Gasteiger charge is -2.06. The summed E-state index contributed by atoms with van der Waals surface area (Å²) in [4.78, 5) is 0. The minimum absolute atomic E-state index is 1.04. The van der Waals surface area contributed by atoms with Crippen LogP contribution < -0.4 is 0 Å². The van der Waals surface area contributed by atoms with Gasteiger partial charge in [-0.2, -0.15) is 0 Å². The van der Waals surface area contributed by atoms with Crippen molar-refractivity contribution in [2.24, 2.45) is 0 Å². The van der Waals surface area contributed by atoms with Gasteiger partial charge in [-0.3, -0.25) is 0 Å². The third kappa shape index (κ3) is 2.59. The summed E-state index contributed by atoms with van der Waals surface area (Å²) in [5.74, 6) is 0. The Hall–Kier alpha value is -1.30. The molecule has 1 aliphatic carbocycles. The van der Waals surface area contributed by atoms with Crippen molar-refractivity contribution in [2.45, 2.75) is 20.3 Å². The molecule has 0 unspecified atom stereocenters. The lowest BCUT2D eigenvalue weighted by atomic mass is 9.99. The van der Waals surface area contributed by atoms with E-state index in [1.807, 2.05) is 13.0 Å². The van der Waals surface area contributed by atoms with E-state index >= 15 is 0 Å². The van der Waals surface area contributed by atoms with Gasteiger partial charge >= 0.3 is 0 Å². The smallest absolute Gasteiger partial charge is 0.00883 e. The van der Waals surface area contributed by atoms with Crippen LogP contribution in [0.4, 0.5) is 0 Å². The van der Waals surface area contributed by atoms with Crippen LogP contribution in [0, 0.1) is 0 Å². The van der Waals surface area contributed by atoms with Gasteiger partial charge in [0, 0.05) is 0 Å². The SMILES string of the molecule is C=C(C)/C(=C\C=C/C)C1=CC=CC1. The van der Waals surface area contributed by atoms with Gasteiger partial charge < -0.3 is 0 Å². The number of hydrogen-bond acceptors (Lipinski definition) is 0. The average Bonchev–Trinajstić information content (AvgIpc) is 2.57. The fourth-order valence-electron chi connectivity index (χ4n) is 1.36. The molecule has 0 atom stereocenters. The maximum atomic E-state index is 3.98. The minimum atomic E-state index is 1.04. The van der Waals surface area contributed by atoms with Crippen molar-refractivity contribution < 1.29 is 0 Å². The van der Waals surface area contributed by atoms with Gasteiger partial charge in [-0.25, -0.2) is 0 Å². The molecule has 68 valence electrons. The summed E-state index contributed by atoms with van der Waals surface area (Å²) in [6, 6.07) is 0. The molecule has 1 aliphatic rings. The molecule has 0 aliphatic heterocycles. The highest BCUT2D eigenvalue weighted by molar-refractivity contribution is 5.50. The summed E-state index contributed by atoms with van der Waals surface area (Å²) in [5.41, 5.74) is 3.77. The van der Waals surface area contributed by atoms with Crippen molar-refractivity contribution in [3.05, 3.63) is 59.8 Å². The molecule has 0 amide bonds. The molecule has 0 N–H and O–H groups in total. The molecule has 0 nitrogen and oxygen atoms in total. The van der Waals surface area contributed by atoms with Crippen LogP contribution in [0.25, 0.3) is 0 Å². The number of hydrogen-bond donors (Lipinski definition) is 0. The van der Waals surface area contributed by atoms with Crippen LogP contribution in [0.1, 0.15) is 20.3 Å². The minimum Gasteiger partial charge on any atom is -0.0955 e. The van der Waals surface area contributed by atoms with Gasteiger partial charge in [-0.1, -0.05) is 48.6 Å². The molecule has 0 aromatic rings. The molecule has 0 spiro atoms. The van der Waals surface area contributed by atoms with Gasteiger partial charge in [0.2, 0.25) is 0 Å².